The molecular formula is C17H11Br2NO3S. The van der Waals surface area contributed by atoms with E-state index in [9.17, 15) is 9.90 Å². The molecule has 0 saturated carbocycles. The number of aromatic hydroxyl groups is 1. The summed E-state index contributed by atoms with van der Waals surface area (Å²) in [6, 6.07) is 11.1. The highest BCUT2D eigenvalue weighted by Crippen LogP contribution is 2.43. The Morgan fingerprint density at radius 3 is 2.62 bits per heavy atom. The molecule has 1 amide bonds. The van der Waals surface area contributed by atoms with Gasteiger partial charge < -0.3 is 9.84 Å². The predicted octanol–water partition coefficient (Wildman–Crippen LogP) is 4.99. The first-order valence-corrected chi connectivity index (χ1v) is 9.24. The molecule has 0 spiro atoms. The molecule has 0 fully saturated rings. The molecule has 1 aliphatic rings. The molecule has 0 aliphatic carbocycles. The van der Waals surface area contributed by atoms with Crippen LogP contribution in [-0.2, 0) is 4.79 Å². The molecule has 7 heteroatoms. The maximum absolute atomic E-state index is 12.2. The molecule has 24 heavy (non-hydrogen) atoms. The highest BCUT2D eigenvalue weighted by atomic mass is 79.9. The van der Waals surface area contributed by atoms with Gasteiger partial charge in [-0.05, 0) is 44.0 Å². The Hall–Kier alpha value is -1.57. The Balaban J connectivity index is 2.00. The van der Waals surface area contributed by atoms with Gasteiger partial charge in [-0.15, -0.1) is 0 Å². The summed E-state index contributed by atoms with van der Waals surface area (Å²) >= 11 is 8.09. The number of carbonyl (C=O) groups excluding carboxylic acids is 1. The number of amides is 1. The van der Waals surface area contributed by atoms with Crippen molar-refractivity contribution in [2.24, 2.45) is 4.99 Å². The molecule has 1 aliphatic heterocycles. The van der Waals surface area contributed by atoms with Crippen LogP contribution in [0.25, 0.3) is 6.08 Å². The van der Waals surface area contributed by atoms with Gasteiger partial charge in [0.15, 0.2) is 11.5 Å². The SMILES string of the molecule is COc1cc(Br)c(Br)c(/C=C2/SC(c3ccccc3)=NC2=O)c1O. The van der Waals surface area contributed by atoms with Crippen LogP contribution in [0.3, 0.4) is 0 Å². The van der Waals surface area contributed by atoms with E-state index in [1.807, 2.05) is 30.3 Å². The van der Waals surface area contributed by atoms with Crippen molar-refractivity contribution in [3.8, 4) is 11.5 Å². The smallest absolute Gasteiger partial charge is 0.284 e. The molecule has 122 valence electrons. The Morgan fingerprint density at radius 2 is 1.96 bits per heavy atom. The average molecular weight is 469 g/mol. The van der Waals surface area contributed by atoms with Gasteiger partial charge in [-0.2, -0.15) is 0 Å². The van der Waals surface area contributed by atoms with E-state index in [-0.39, 0.29) is 11.7 Å². The van der Waals surface area contributed by atoms with E-state index in [0.29, 0.717) is 30.2 Å². The van der Waals surface area contributed by atoms with Crippen LogP contribution < -0.4 is 4.74 Å². The van der Waals surface area contributed by atoms with Crippen molar-refractivity contribution in [1.29, 1.82) is 0 Å². The van der Waals surface area contributed by atoms with E-state index in [4.69, 9.17) is 4.74 Å². The Morgan fingerprint density at radius 1 is 1.25 bits per heavy atom. The molecule has 0 unspecified atom stereocenters. The number of thioether (sulfide) groups is 1. The van der Waals surface area contributed by atoms with E-state index in [1.54, 1.807) is 12.1 Å². The second-order valence-electron chi connectivity index (χ2n) is 4.84. The highest BCUT2D eigenvalue weighted by Gasteiger charge is 2.24. The van der Waals surface area contributed by atoms with Gasteiger partial charge in [0, 0.05) is 20.1 Å². The number of carbonyl (C=O) groups is 1. The van der Waals surface area contributed by atoms with Crippen LogP contribution in [0, 0.1) is 0 Å². The van der Waals surface area contributed by atoms with Crippen molar-refractivity contribution in [2.75, 3.05) is 7.11 Å². The number of phenols is 1. The lowest BCUT2D eigenvalue weighted by Gasteiger charge is -2.10. The molecule has 4 nitrogen and oxygen atoms in total. The van der Waals surface area contributed by atoms with E-state index >= 15 is 0 Å². The van der Waals surface area contributed by atoms with Gasteiger partial charge in [-0.25, -0.2) is 4.99 Å². The fourth-order valence-electron chi connectivity index (χ4n) is 2.14. The van der Waals surface area contributed by atoms with Crippen LogP contribution in [0.5, 0.6) is 11.5 Å². The average Bonchev–Trinajstić information content (AvgIpc) is 2.96. The van der Waals surface area contributed by atoms with E-state index in [2.05, 4.69) is 36.9 Å². The number of halogens is 2. The summed E-state index contributed by atoms with van der Waals surface area (Å²) < 4.78 is 6.50. The highest BCUT2D eigenvalue weighted by molar-refractivity contribution is 9.13. The third-order valence-corrected chi connectivity index (χ3v) is 6.37. The lowest BCUT2D eigenvalue weighted by atomic mass is 10.1. The van der Waals surface area contributed by atoms with Crippen LogP contribution in [0.2, 0.25) is 0 Å². The second-order valence-corrected chi connectivity index (χ2v) is 7.51. The van der Waals surface area contributed by atoms with E-state index < -0.39 is 0 Å². The number of hydrogen-bond acceptors (Lipinski definition) is 4. The molecule has 0 atom stereocenters. The zero-order valence-corrected chi connectivity index (χ0v) is 16.4. The molecule has 1 N–H and O–H groups in total. The maximum Gasteiger partial charge on any atom is 0.284 e. The number of phenolic OH excluding ortho intramolecular Hbond substituents is 1. The van der Waals surface area contributed by atoms with Crippen molar-refractivity contribution in [1.82, 2.24) is 0 Å². The largest absolute Gasteiger partial charge is 0.504 e. The predicted molar refractivity (Wildman–Crippen MR) is 104 cm³/mol. The quantitative estimate of drug-likeness (QED) is 0.645. The number of hydrogen-bond donors (Lipinski definition) is 1. The number of aliphatic imine (C=N–C) groups is 1. The first kappa shape index (κ1) is 17.3. The molecule has 1 heterocycles. The van der Waals surface area contributed by atoms with Crippen molar-refractivity contribution in [3.05, 3.63) is 61.4 Å². The summed E-state index contributed by atoms with van der Waals surface area (Å²) in [5.74, 6) is -0.0534. The number of benzene rings is 2. The van der Waals surface area contributed by atoms with Crippen LogP contribution >= 0.6 is 43.6 Å². The molecule has 2 aromatic rings. The van der Waals surface area contributed by atoms with Crippen molar-refractivity contribution in [2.45, 2.75) is 0 Å². The molecule has 0 saturated heterocycles. The van der Waals surface area contributed by atoms with E-state index in [0.717, 1.165) is 5.56 Å². The Bertz CT molecular complexity index is 879. The standard InChI is InChI=1S/C17H11Br2NO3S/c1-23-12-8-11(18)14(19)10(15(12)21)7-13-16(22)20-17(24-13)9-5-3-2-4-6-9/h2-8,21H,1H3/b13-7+. The van der Waals surface area contributed by atoms with Crippen molar-refractivity contribution in [3.63, 3.8) is 0 Å². The summed E-state index contributed by atoms with van der Waals surface area (Å²) in [5.41, 5.74) is 1.34. The third kappa shape index (κ3) is 3.29. The van der Waals surface area contributed by atoms with Crippen molar-refractivity contribution >= 4 is 60.6 Å². The molecular weight excluding hydrogens is 458 g/mol. The Kier molecular flexibility index (Phi) is 5.12. The topological polar surface area (TPSA) is 58.9 Å². The van der Waals surface area contributed by atoms with Gasteiger partial charge in [0.25, 0.3) is 5.91 Å². The number of nitrogens with zero attached hydrogens (tertiary/aromatic N) is 1. The fourth-order valence-corrected chi connectivity index (χ4v) is 3.88. The summed E-state index contributed by atoms with van der Waals surface area (Å²) in [7, 11) is 1.47. The van der Waals surface area contributed by atoms with Crippen LogP contribution in [-0.4, -0.2) is 23.2 Å². The minimum Gasteiger partial charge on any atom is -0.504 e. The Labute approximate surface area is 159 Å². The van der Waals surface area contributed by atoms with Crippen LogP contribution in [0.4, 0.5) is 0 Å². The lowest BCUT2D eigenvalue weighted by molar-refractivity contribution is -0.113. The van der Waals surface area contributed by atoms with Gasteiger partial charge in [-0.3, -0.25) is 4.79 Å². The van der Waals surface area contributed by atoms with E-state index in [1.165, 1.54) is 18.9 Å². The molecule has 0 radical (unpaired) electrons. The summed E-state index contributed by atoms with van der Waals surface area (Å²) in [4.78, 5) is 16.7. The number of rotatable bonds is 3. The summed E-state index contributed by atoms with van der Waals surface area (Å²) in [6.07, 6.45) is 1.61. The number of methoxy groups -OCH3 is 1. The first-order valence-electron chi connectivity index (χ1n) is 6.84. The second kappa shape index (κ2) is 7.13. The van der Waals surface area contributed by atoms with Gasteiger partial charge in [0.1, 0.15) is 5.04 Å². The monoisotopic (exact) mass is 467 g/mol. The molecule has 0 bridgehead atoms. The van der Waals surface area contributed by atoms with Gasteiger partial charge >= 0.3 is 0 Å². The zero-order valence-electron chi connectivity index (χ0n) is 12.4. The van der Waals surface area contributed by atoms with Gasteiger partial charge in [-0.1, -0.05) is 42.1 Å². The molecule has 2 aromatic carbocycles. The van der Waals surface area contributed by atoms with Gasteiger partial charge in [0.2, 0.25) is 0 Å². The normalized spacial score (nSPS) is 15.7. The first-order chi connectivity index (χ1) is 11.5. The summed E-state index contributed by atoms with van der Waals surface area (Å²) in [6.45, 7) is 0. The minimum absolute atomic E-state index is 0.0402. The third-order valence-electron chi connectivity index (χ3n) is 3.33. The van der Waals surface area contributed by atoms with Crippen LogP contribution in [0.15, 0.2) is 55.2 Å². The van der Waals surface area contributed by atoms with Crippen LogP contribution in [0.1, 0.15) is 11.1 Å². The van der Waals surface area contributed by atoms with Gasteiger partial charge in [0.05, 0.1) is 12.0 Å². The zero-order chi connectivity index (χ0) is 17.3. The summed E-state index contributed by atoms with van der Waals surface area (Å²) in [5, 5.41) is 11.0. The molecule has 3 rings (SSSR count). The maximum atomic E-state index is 12.2. The lowest BCUT2D eigenvalue weighted by Crippen LogP contribution is -1.92. The molecule has 0 aromatic heterocycles. The minimum atomic E-state index is -0.330. The number of ether oxygens (including phenoxy) is 1. The fraction of sp³-hybridized carbons (Fsp3) is 0.0588. The van der Waals surface area contributed by atoms with Crippen molar-refractivity contribution < 1.29 is 14.6 Å².